The lowest BCUT2D eigenvalue weighted by Gasteiger charge is -2.33. The van der Waals surface area contributed by atoms with Gasteiger partial charge in [-0.25, -0.2) is 0 Å². The number of anilines is 1. The Bertz CT molecular complexity index is 419. The number of para-hydroxylation sites is 1. The Morgan fingerprint density at radius 1 is 1.33 bits per heavy atom. The molecule has 1 aromatic carbocycles. The minimum atomic E-state index is -0.254. The van der Waals surface area contributed by atoms with E-state index in [1.165, 1.54) is 0 Å². The molecule has 0 aromatic heterocycles. The zero-order valence-electron chi connectivity index (χ0n) is 10.3. The van der Waals surface area contributed by atoms with Crippen LogP contribution in [0.3, 0.4) is 0 Å². The van der Waals surface area contributed by atoms with Crippen molar-refractivity contribution in [3.63, 3.8) is 0 Å². The van der Waals surface area contributed by atoms with E-state index in [2.05, 4.69) is 16.3 Å². The fourth-order valence-corrected chi connectivity index (χ4v) is 2.38. The highest BCUT2D eigenvalue weighted by Crippen LogP contribution is 2.40. The van der Waals surface area contributed by atoms with Crippen LogP contribution in [0.25, 0.3) is 0 Å². The molecule has 0 saturated carbocycles. The van der Waals surface area contributed by atoms with Gasteiger partial charge in [-0.2, -0.15) is 0 Å². The molecule has 18 heavy (non-hydrogen) atoms. The summed E-state index contributed by atoms with van der Waals surface area (Å²) in [4.78, 5) is 2.30. The average molecular weight is 250 g/mol. The van der Waals surface area contributed by atoms with E-state index in [0.717, 1.165) is 43.4 Å². The maximum absolute atomic E-state index is 9.11. The van der Waals surface area contributed by atoms with Gasteiger partial charge in [-0.3, -0.25) is 0 Å². The first-order valence-electron chi connectivity index (χ1n) is 6.37. The van der Waals surface area contributed by atoms with E-state index in [1.807, 2.05) is 12.1 Å². The zero-order valence-corrected chi connectivity index (χ0v) is 10.3. The fraction of sp³-hybridized carbons (Fsp3) is 0.538. The third kappa shape index (κ3) is 2.11. The zero-order chi connectivity index (χ0) is 12.4. The molecule has 0 bridgehead atoms. The van der Waals surface area contributed by atoms with Crippen LogP contribution in [0.2, 0.25) is 0 Å². The lowest BCUT2D eigenvalue weighted by atomic mass is 10.2. The highest BCUT2D eigenvalue weighted by Gasteiger charge is 2.25. The molecule has 0 amide bonds. The van der Waals surface area contributed by atoms with E-state index >= 15 is 0 Å². The van der Waals surface area contributed by atoms with Crippen molar-refractivity contribution in [2.45, 2.75) is 6.10 Å². The molecule has 0 spiro atoms. The van der Waals surface area contributed by atoms with Gasteiger partial charge in [0.25, 0.3) is 0 Å². The van der Waals surface area contributed by atoms with Gasteiger partial charge in [-0.15, -0.1) is 0 Å². The summed E-state index contributed by atoms with van der Waals surface area (Å²) in [7, 11) is 0. The number of hydrogen-bond acceptors (Lipinski definition) is 5. The topological polar surface area (TPSA) is 54.0 Å². The molecule has 1 aromatic rings. The van der Waals surface area contributed by atoms with Crippen molar-refractivity contribution < 1.29 is 14.6 Å². The van der Waals surface area contributed by atoms with Gasteiger partial charge in [-0.05, 0) is 12.1 Å². The summed E-state index contributed by atoms with van der Waals surface area (Å²) in [6.07, 6.45) is -0.254. The molecule has 1 atom stereocenters. The molecule has 3 rings (SSSR count). The summed E-state index contributed by atoms with van der Waals surface area (Å²) >= 11 is 0. The minimum absolute atomic E-state index is 0.0166. The number of nitrogens with zero attached hydrogens (tertiary/aromatic N) is 1. The number of ether oxygens (including phenoxy) is 2. The summed E-state index contributed by atoms with van der Waals surface area (Å²) in [6, 6.07) is 5.93. The van der Waals surface area contributed by atoms with Gasteiger partial charge < -0.3 is 24.8 Å². The third-order valence-corrected chi connectivity index (χ3v) is 3.33. The van der Waals surface area contributed by atoms with Crippen LogP contribution in [0.5, 0.6) is 11.5 Å². The molecule has 5 heteroatoms. The smallest absolute Gasteiger partial charge is 0.184 e. The number of aliphatic hydroxyl groups is 1. The average Bonchev–Trinajstić information content (AvgIpc) is 2.47. The van der Waals surface area contributed by atoms with Crippen LogP contribution in [0.4, 0.5) is 5.69 Å². The van der Waals surface area contributed by atoms with Crippen LogP contribution >= 0.6 is 0 Å². The number of rotatable bonds is 2. The fourth-order valence-electron chi connectivity index (χ4n) is 2.38. The first kappa shape index (κ1) is 11.6. The highest BCUT2D eigenvalue weighted by atomic mass is 16.6. The second kappa shape index (κ2) is 5.04. The Morgan fingerprint density at radius 3 is 2.94 bits per heavy atom. The van der Waals surface area contributed by atoms with Crippen molar-refractivity contribution in [2.75, 3.05) is 44.3 Å². The Hall–Kier alpha value is -1.46. The maximum Gasteiger partial charge on any atom is 0.184 e. The van der Waals surface area contributed by atoms with Gasteiger partial charge in [0.05, 0.1) is 12.3 Å². The number of nitrogens with one attached hydrogen (secondary N) is 1. The van der Waals surface area contributed by atoms with Gasteiger partial charge in [0.1, 0.15) is 6.61 Å². The SMILES string of the molecule is OCC1COc2c(cccc2N2CCNCC2)O1. The van der Waals surface area contributed by atoms with Crippen LogP contribution in [0.1, 0.15) is 0 Å². The molecular formula is C13H18N2O3. The molecule has 2 heterocycles. The summed E-state index contributed by atoms with van der Waals surface area (Å²) in [6.45, 7) is 4.32. The molecular weight excluding hydrogens is 232 g/mol. The molecule has 0 radical (unpaired) electrons. The first-order chi connectivity index (χ1) is 8.88. The second-order valence-corrected chi connectivity index (χ2v) is 4.57. The number of fused-ring (bicyclic) bond motifs is 1. The van der Waals surface area contributed by atoms with Crippen LogP contribution in [-0.2, 0) is 0 Å². The first-order valence-corrected chi connectivity index (χ1v) is 6.37. The van der Waals surface area contributed by atoms with Gasteiger partial charge in [-0.1, -0.05) is 6.07 Å². The largest absolute Gasteiger partial charge is 0.484 e. The molecule has 0 aliphatic carbocycles. The van der Waals surface area contributed by atoms with E-state index in [1.54, 1.807) is 0 Å². The van der Waals surface area contributed by atoms with Crippen molar-refractivity contribution in [2.24, 2.45) is 0 Å². The van der Waals surface area contributed by atoms with Gasteiger partial charge in [0.2, 0.25) is 0 Å². The van der Waals surface area contributed by atoms with Crippen molar-refractivity contribution in [3.05, 3.63) is 18.2 Å². The molecule has 1 saturated heterocycles. The van der Waals surface area contributed by atoms with Crippen LogP contribution in [0.15, 0.2) is 18.2 Å². The highest BCUT2D eigenvalue weighted by molar-refractivity contribution is 5.65. The number of hydrogen-bond donors (Lipinski definition) is 2. The molecule has 2 aliphatic rings. The van der Waals surface area contributed by atoms with Crippen molar-refractivity contribution in [3.8, 4) is 11.5 Å². The molecule has 98 valence electrons. The second-order valence-electron chi connectivity index (χ2n) is 4.57. The van der Waals surface area contributed by atoms with E-state index < -0.39 is 0 Å². The predicted molar refractivity (Wildman–Crippen MR) is 68.5 cm³/mol. The Balaban J connectivity index is 1.87. The normalized spacial score (nSPS) is 22.9. The Kier molecular flexibility index (Phi) is 3.25. The van der Waals surface area contributed by atoms with Crippen LogP contribution in [0, 0.1) is 0 Å². The summed E-state index contributed by atoms with van der Waals surface area (Å²) in [5.74, 6) is 1.54. The Labute approximate surface area is 106 Å². The maximum atomic E-state index is 9.11. The quantitative estimate of drug-likeness (QED) is 0.787. The molecule has 2 N–H and O–H groups in total. The standard InChI is InChI=1S/C13H18N2O3/c16-8-10-9-17-13-11(2-1-3-12(13)18-10)15-6-4-14-5-7-15/h1-3,10,14,16H,4-9H2. The Morgan fingerprint density at radius 2 is 2.17 bits per heavy atom. The summed E-state index contributed by atoms with van der Waals surface area (Å²) in [5.41, 5.74) is 1.09. The molecule has 5 nitrogen and oxygen atoms in total. The molecule has 2 aliphatic heterocycles. The van der Waals surface area contributed by atoms with Gasteiger partial charge in [0, 0.05) is 26.2 Å². The van der Waals surface area contributed by atoms with E-state index in [-0.39, 0.29) is 12.7 Å². The lowest BCUT2D eigenvalue weighted by molar-refractivity contribution is 0.0459. The van der Waals surface area contributed by atoms with Crippen LogP contribution < -0.4 is 19.7 Å². The molecule has 1 fully saturated rings. The minimum Gasteiger partial charge on any atom is -0.484 e. The lowest BCUT2D eigenvalue weighted by Crippen LogP contribution is -2.44. The van der Waals surface area contributed by atoms with Gasteiger partial charge in [0.15, 0.2) is 17.6 Å². The molecule has 1 unspecified atom stereocenters. The van der Waals surface area contributed by atoms with Gasteiger partial charge >= 0.3 is 0 Å². The third-order valence-electron chi connectivity index (χ3n) is 3.33. The van der Waals surface area contributed by atoms with E-state index in [9.17, 15) is 0 Å². The van der Waals surface area contributed by atoms with Crippen molar-refractivity contribution in [1.29, 1.82) is 0 Å². The van der Waals surface area contributed by atoms with Crippen molar-refractivity contribution >= 4 is 5.69 Å². The summed E-state index contributed by atoms with van der Waals surface area (Å²) in [5, 5.41) is 12.4. The summed E-state index contributed by atoms with van der Waals surface area (Å²) < 4.78 is 11.5. The number of piperazine rings is 1. The monoisotopic (exact) mass is 250 g/mol. The van der Waals surface area contributed by atoms with E-state index in [0.29, 0.717) is 6.61 Å². The predicted octanol–water partition coefficient (Wildman–Crippen LogP) is 0.228. The van der Waals surface area contributed by atoms with Crippen molar-refractivity contribution in [1.82, 2.24) is 5.32 Å². The van der Waals surface area contributed by atoms with E-state index in [4.69, 9.17) is 14.6 Å². The number of aliphatic hydroxyl groups excluding tert-OH is 1. The van der Waals surface area contributed by atoms with Crippen LogP contribution in [-0.4, -0.2) is 50.6 Å². The number of benzene rings is 1.